The van der Waals surface area contributed by atoms with Gasteiger partial charge >= 0.3 is 5.97 Å². The van der Waals surface area contributed by atoms with Gasteiger partial charge in [-0.3, -0.25) is 0 Å². The average Bonchev–Trinajstić information content (AvgIpc) is 2.46. The van der Waals surface area contributed by atoms with Gasteiger partial charge in [0.2, 0.25) is 0 Å². The number of nitrogens with zero attached hydrogens (tertiary/aromatic N) is 1. The molecule has 0 aromatic rings. The highest BCUT2D eigenvalue weighted by atomic mass is 16.5. The van der Waals surface area contributed by atoms with E-state index in [0.29, 0.717) is 23.0 Å². The van der Waals surface area contributed by atoms with Crippen molar-refractivity contribution in [2.75, 3.05) is 0 Å². The summed E-state index contributed by atoms with van der Waals surface area (Å²) in [6, 6.07) is 1.82. The van der Waals surface area contributed by atoms with E-state index >= 15 is 0 Å². The van der Waals surface area contributed by atoms with Gasteiger partial charge in [0.05, 0.1) is 0 Å². The highest BCUT2D eigenvalue weighted by Crippen LogP contribution is 2.35. The van der Waals surface area contributed by atoms with E-state index in [-0.39, 0.29) is 5.57 Å². The minimum Gasteiger partial charge on any atom is -0.477 e. The number of ether oxygens (including phenoxy) is 1. The number of hydrogen-bond donors (Lipinski definition) is 1. The topological polar surface area (TPSA) is 70.3 Å². The van der Waals surface area contributed by atoms with Crippen LogP contribution in [-0.4, -0.2) is 11.1 Å². The van der Waals surface area contributed by atoms with Crippen LogP contribution in [0.1, 0.15) is 59.8 Å². The van der Waals surface area contributed by atoms with Crippen LogP contribution in [0.4, 0.5) is 0 Å². The first-order valence-corrected chi connectivity index (χ1v) is 7.88. The molecule has 0 radical (unpaired) electrons. The van der Waals surface area contributed by atoms with Crippen molar-refractivity contribution in [2.24, 2.45) is 5.92 Å². The Balaban J connectivity index is 3.20. The molecule has 1 heterocycles. The van der Waals surface area contributed by atoms with Crippen molar-refractivity contribution in [3.05, 3.63) is 34.3 Å². The summed E-state index contributed by atoms with van der Waals surface area (Å²) in [5.41, 5.74) is 1.15. The van der Waals surface area contributed by atoms with Crippen LogP contribution in [0.25, 0.3) is 0 Å². The molecule has 4 heteroatoms. The quantitative estimate of drug-likeness (QED) is 0.546. The molecule has 0 spiro atoms. The maximum absolute atomic E-state index is 11.3. The highest BCUT2D eigenvalue weighted by molar-refractivity contribution is 5.94. The van der Waals surface area contributed by atoms with Crippen LogP contribution in [0.5, 0.6) is 0 Å². The van der Waals surface area contributed by atoms with E-state index in [4.69, 9.17) is 4.74 Å². The Kier molecular flexibility index (Phi) is 6.91. The molecular weight excluding hydrogens is 278 g/mol. The maximum Gasteiger partial charge on any atom is 0.347 e. The lowest BCUT2D eigenvalue weighted by molar-refractivity contribution is -0.132. The zero-order valence-electron chi connectivity index (χ0n) is 13.9. The molecule has 0 fully saturated rings. The third-order valence-corrected chi connectivity index (χ3v) is 4.04. The van der Waals surface area contributed by atoms with Gasteiger partial charge in [-0.2, -0.15) is 5.26 Å². The minimum atomic E-state index is -1.18. The van der Waals surface area contributed by atoms with Gasteiger partial charge in [0.1, 0.15) is 23.2 Å². The summed E-state index contributed by atoms with van der Waals surface area (Å²) in [4.78, 5) is 11.3. The number of aliphatic carboxylic acids is 1. The molecule has 0 amide bonds. The van der Waals surface area contributed by atoms with Crippen LogP contribution in [0.3, 0.4) is 0 Å². The molecule has 1 atom stereocenters. The molecule has 1 aliphatic rings. The van der Waals surface area contributed by atoms with Crippen molar-refractivity contribution in [3.8, 4) is 6.07 Å². The van der Waals surface area contributed by atoms with Gasteiger partial charge in [-0.05, 0) is 37.8 Å². The first-order chi connectivity index (χ1) is 10.4. The molecule has 1 N–H and O–H groups in total. The van der Waals surface area contributed by atoms with Crippen molar-refractivity contribution in [1.29, 1.82) is 5.26 Å². The van der Waals surface area contributed by atoms with Gasteiger partial charge in [0, 0.05) is 5.57 Å². The predicted molar refractivity (Wildman–Crippen MR) is 85.7 cm³/mol. The van der Waals surface area contributed by atoms with Gasteiger partial charge in [-0.1, -0.05) is 39.5 Å². The summed E-state index contributed by atoms with van der Waals surface area (Å²) in [6.45, 7) is 7.92. The smallest absolute Gasteiger partial charge is 0.347 e. The van der Waals surface area contributed by atoms with Crippen molar-refractivity contribution in [2.45, 2.75) is 59.8 Å². The van der Waals surface area contributed by atoms with Gasteiger partial charge in [-0.15, -0.1) is 0 Å². The number of unbranched alkanes of at least 4 members (excludes halogenated alkanes) is 1. The van der Waals surface area contributed by atoms with Crippen LogP contribution < -0.4 is 0 Å². The number of carbonyl (C=O) groups is 1. The van der Waals surface area contributed by atoms with Crippen LogP contribution >= 0.6 is 0 Å². The summed E-state index contributed by atoms with van der Waals surface area (Å²) >= 11 is 0. The minimum absolute atomic E-state index is 0.206. The van der Waals surface area contributed by atoms with E-state index in [2.05, 4.69) is 13.8 Å². The fourth-order valence-corrected chi connectivity index (χ4v) is 2.74. The second-order valence-corrected chi connectivity index (χ2v) is 5.72. The molecule has 4 nitrogen and oxygen atoms in total. The number of rotatable bonds is 7. The number of hydrogen-bond acceptors (Lipinski definition) is 3. The summed E-state index contributed by atoms with van der Waals surface area (Å²) in [5, 5.41) is 18.5. The van der Waals surface area contributed by atoms with Crippen LogP contribution in [-0.2, 0) is 9.53 Å². The zero-order chi connectivity index (χ0) is 16.7. The Hall–Kier alpha value is -2.02. The summed E-state index contributed by atoms with van der Waals surface area (Å²) in [6.07, 6.45) is 6.85. The lowest BCUT2D eigenvalue weighted by Gasteiger charge is -2.24. The fraction of sp³-hybridized carbons (Fsp3) is 0.556. The molecule has 0 saturated carbocycles. The van der Waals surface area contributed by atoms with E-state index in [9.17, 15) is 15.2 Å². The molecule has 120 valence electrons. The number of allylic oxidation sites excluding steroid dienone is 5. The molecule has 0 bridgehead atoms. The van der Waals surface area contributed by atoms with Crippen LogP contribution in [0.15, 0.2) is 34.3 Å². The second kappa shape index (κ2) is 8.43. The standard InChI is InChI=1S/C18H25NO3/c1-5-7-8-14(6-2)10-15-13(4)22-12(3)9-16(15)17(11-19)18(20)21/h9,14H,5-8,10H2,1-4H3,(H,20,21). The first kappa shape index (κ1) is 18.0. The molecule has 0 aliphatic carbocycles. The molecule has 22 heavy (non-hydrogen) atoms. The molecular formula is C18H25NO3. The predicted octanol–water partition coefficient (Wildman–Crippen LogP) is 4.71. The Morgan fingerprint density at radius 1 is 1.41 bits per heavy atom. The SMILES string of the molecule is CCCCC(CC)CC1=C(C)OC(C)=CC1=C(C#N)C(=O)O. The Bertz CT molecular complexity index is 561. The maximum atomic E-state index is 11.3. The third-order valence-electron chi connectivity index (χ3n) is 4.04. The van der Waals surface area contributed by atoms with Gasteiger partial charge in [-0.25, -0.2) is 4.79 Å². The van der Waals surface area contributed by atoms with Crippen LogP contribution in [0, 0.1) is 17.2 Å². The molecule has 1 unspecified atom stereocenters. The van der Waals surface area contributed by atoms with Crippen LogP contribution in [0.2, 0.25) is 0 Å². The molecule has 0 aromatic carbocycles. The zero-order valence-corrected chi connectivity index (χ0v) is 13.9. The Morgan fingerprint density at radius 2 is 2.09 bits per heavy atom. The normalized spacial score (nSPS) is 18.2. The largest absolute Gasteiger partial charge is 0.477 e. The van der Waals surface area contributed by atoms with Crippen molar-refractivity contribution >= 4 is 5.97 Å². The van der Waals surface area contributed by atoms with E-state index in [1.165, 1.54) is 0 Å². The average molecular weight is 303 g/mol. The Morgan fingerprint density at radius 3 is 2.59 bits per heavy atom. The van der Waals surface area contributed by atoms with Gasteiger partial charge in [0.15, 0.2) is 0 Å². The van der Waals surface area contributed by atoms with E-state index < -0.39 is 5.97 Å². The third kappa shape index (κ3) is 4.49. The van der Waals surface area contributed by atoms with Crippen molar-refractivity contribution < 1.29 is 14.6 Å². The number of nitriles is 1. The van der Waals surface area contributed by atoms with Gasteiger partial charge < -0.3 is 9.84 Å². The summed E-state index contributed by atoms with van der Waals surface area (Å²) < 4.78 is 5.66. The Labute approximate surface area is 132 Å². The van der Waals surface area contributed by atoms with E-state index in [1.807, 2.05) is 13.0 Å². The summed E-state index contributed by atoms with van der Waals surface area (Å²) in [7, 11) is 0. The molecule has 1 rings (SSSR count). The van der Waals surface area contributed by atoms with E-state index in [1.54, 1.807) is 13.0 Å². The molecule has 0 aromatic heterocycles. The monoisotopic (exact) mass is 303 g/mol. The van der Waals surface area contributed by atoms with Crippen molar-refractivity contribution in [3.63, 3.8) is 0 Å². The van der Waals surface area contributed by atoms with E-state index in [0.717, 1.165) is 37.7 Å². The lowest BCUT2D eigenvalue weighted by Crippen LogP contribution is -2.12. The van der Waals surface area contributed by atoms with Crippen molar-refractivity contribution in [1.82, 2.24) is 0 Å². The second-order valence-electron chi connectivity index (χ2n) is 5.72. The summed E-state index contributed by atoms with van der Waals surface area (Å²) in [5.74, 6) is 0.616. The molecule has 0 saturated heterocycles. The lowest BCUT2D eigenvalue weighted by atomic mass is 9.85. The molecule has 1 aliphatic heterocycles. The van der Waals surface area contributed by atoms with Gasteiger partial charge in [0.25, 0.3) is 0 Å². The first-order valence-electron chi connectivity index (χ1n) is 7.88. The highest BCUT2D eigenvalue weighted by Gasteiger charge is 2.24. The fourth-order valence-electron chi connectivity index (χ4n) is 2.74. The number of carboxylic acids is 1. The number of carboxylic acid groups (broad SMARTS) is 1.